The topological polar surface area (TPSA) is 48.6 Å². The van der Waals surface area contributed by atoms with Gasteiger partial charge in [0.15, 0.2) is 5.78 Å². The highest BCUT2D eigenvalue weighted by Crippen LogP contribution is 2.46. The van der Waals surface area contributed by atoms with Gasteiger partial charge in [0.05, 0.1) is 18.8 Å². The highest BCUT2D eigenvalue weighted by atomic mass is 16.5. The number of ketones is 1. The van der Waals surface area contributed by atoms with Gasteiger partial charge in [-0.3, -0.25) is 9.69 Å². The van der Waals surface area contributed by atoms with Crippen molar-refractivity contribution in [1.29, 1.82) is 0 Å². The zero-order valence-electron chi connectivity index (χ0n) is 21.6. The Morgan fingerprint density at radius 2 is 1.86 bits per heavy atom. The van der Waals surface area contributed by atoms with Crippen LogP contribution in [0.2, 0.25) is 0 Å². The highest BCUT2D eigenvalue weighted by molar-refractivity contribution is 6.20. The number of aromatic nitrogens is 1. The maximum absolute atomic E-state index is 13.9. The first kappa shape index (κ1) is 23.3. The Labute approximate surface area is 213 Å². The summed E-state index contributed by atoms with van der Waals surface area (Å²) in [6, 6.07) is 11.0. The molecule has 5 nitrogen and oxygen atoms in total. The molecule has 0 unspecified atom stereocenters. The van der Waals surface area contributed by atoms with Crippen molar-refractivity contribution in [2.24, 2.45) is 0 Å². The number of piperidine rings is 1. The first-order chi connectivity index (χ1) is 17.4. The van der Waals surface area contributed by atoms with Crippen molar-refractivity contribution >= 4 is 22.4 Å². The number of morpholine rings is 1. The number of fused-ring (bicyclic) bond motifs is 4. The molecule has 1 N–H and O–H groups in total. The minimum absolute atomic E-state index is 0.117. The van der Waals surface area contributed by atoms with Crippen LogP contribution in [0.1, 0.15) is 71.9 Å². The average molecular weight is 482 g/mol. The molecule has 36 heavy (non-hydrogen) atoms. The monoisotopic (exact) mass is 481 g/mol. The molecule has 5 heteroatoms. The minimum Gasteiger partial charge on any atom is -0.379 e. The summed E-state index contributed by atoms with van der Waals surface area (Å²) < 4.78 is 5.56. The van der Waals surface area contributed by atoms with Crippen molar-refractivity contribution in [3.05, 3.63) is 63.8 Å². The Bertz CT molecular complexity index is 1380. The lowest BCUT2D eigenvalue weighted by atomic mass is 9.70. The number of nitrogens with one attached hydrogen (secondary N) is 1. The molecule has 2 aliphatic heterocycles. The van der Waals surface area contributed by atoms with Gasteiger partial charge in [-0.15, -0.1) is 6.42 Å². The van der Waals surface area contributed by atoms with Gasteiger partial charge in [-0.1, -0.05) is 32.8 Å². The van der Waals surface area contributed by atoms with Gasteiger partial charge in [0.25, 0.3) is 0 Å². The second-order valence-electron chi connectivity index (χ2n) is 11.0. The number of rotatable bonds is 3. The van der Waals surface area contributed by atoms with E-state index in [4.69, 9.17) is 11.2 Å². The fraction of sp³-hybridized carbons (Fsp3) is 0.452. The number of anilines is 1. The van der Waals surface area contributed by atoms with Crippen molar-refractivity contribution in [2.45, 2.75) is 51.5 Å². The number of hydrogen-bond donors (Lipinski definition) is 1. The van der Waals surface area contributed by atoms with Gasteiger partial charge >= 0.3 is 0 Å². The Hall–Kier alpha value is -3.07. The van der Waals surface area contributed by atoms with Crippen LogP contribution in [0.25, 0.3) is 10.9 Å². The third-order valence-electron chi connectivity index (χ3n) is 8.70. The normalized spacial score (nSPS) is 20.3. The summed E-state index contributed by atoms with van der Waals surface area (Å²) in [5.74, 6) is 2.83. The lowest BCUT2D eigenvalue weighted by Crippen LogP contribution is -2.49. The molecular weight excluding hydrogens is 446 g/mol. The quantitative estimate of drug-likeness (QED) is 0.542. The molecule has 6 rings (SSSR count). The Balaban J connectivity index is 1.37. The molecule has 0 amide bonds. The molecule has 2 saturated heterocycles. The molecule has 3 aliphatic rings. The summed E-state index contributed by atoms with van der Waals surface area (Å²) in [6.07, 6.45) is 8.89. The van der Waals surface area contributed by atoms with Crippen LogP contribution in [0.5, 0.6) is 0 Å². The minimum atomic E-state index is -0.318. The van der Waals surface area contributed by atoms with Gasteiger partial charge in [0.1, 0.15) is 0 Å². The van der Waals surface area contributed by atoms with Gasteiger partial charge in [-0.05, 0) is 54.7 Å². The Morgan fingerprint density at radius 3 is 2.56 bits per heavy atom. The molecule has 0 bridgehead atoms. The summed E-state index contributed by atoms with van der Waals surface area (Å²) in [4.78, 5) is 22.6. The predicted octanol–water partition coefficient (Wildman–Crippen LogP) is 4.88. The average Bonchev–Trinajstić information content (AvgIpc) is 3.32. The summed E-state index contributed by atoms with van der Waals surface area (Å²) in [5.41, 5.74) is 7.75. The second-order valence-corrected chi connectivity index (χ2v) is 11.0. The van der Waals surface area contributed by atoms with E-state index in [-0.39, 0.29) is 11.2 Å². The van der Waals surface area contributed by atoms with E-state index in [1.54, 1.807) is 0 Å². The van der Waals surface area contributed by atoms with Gasteiger partial charge in [-0.25, -0.2) is 0 Å². The van der Waals surface area contributed by atoms with Crippen molar-refractivity contribution in [3.8, 4) is 12.3 Å². The van der Waals surface area contributed by atoms with Crippen molar-refractivity contribution < 1.29 is 9.53 Å². The summed E-state index contributed by atoms with van der Waals surface area (Å²) in [6.45, 7) is 12.6. The van der Waals surface area contributed by atoms with E-state index >= 15 is 0 Å². The molecule has 0 saturated carbocycles. The lowest BCUT2D eigenvalue weighted by Gasteiger charge is -2.42. The zero-order chi connectivity index (χ0) is 25.0. The summed E-state index contributed by atoms with van der Waals surface area (Å²) in [7, 11) is 0. The number of hydrogen-bond acceptors (Lipinski definition) is 4. The standard InChI is InChI=1S/C31H35N3O2/c1-5-20-7-8-23-26(17-20)32-30-28(23)29(35)24-18-21(6-2)27(19-25(24)31(30,3)4)34-11-9-22(10-12-34)33-13-15-36-16-14-33/h1,7-8,17-19,22,32H,6,9-16H2,2-4H3. The fourth-order valence-corrected chi connectivity index (χ4v) is 6.59. The largest absolute Gasteiger partial charge is 0.379 e. The molecule has 3 heterocycles. The van der Waals surface area contributed by atoms with Crippen LogP contribution in [0.15, 0.2) is 30.3 Å². The summed E-state index contributed by atoms with van der Waals surface area (Å²) in [5, 5.41) is 0.958. The van der Waals surface area contributed by atoms with Crippen LogP contribution in [-0.4, -0.2) is 61.1 Å². The van der Waals surface area contributed by atoms with E-state index in [2.05, 4.69) is 53.6 Å². The number of aromatic amines is 1. The van der Waals surface area contributed by atoms with E-state index in [9.17, 15) is 4.79 Å². The smallest absolute Gasteiger partial charge is 0.195 e. The molecule has 1 aliphatic carbocycles. The molecule has 0 spiro atoms. The third kappa shape index (κ3) is 3.58. The molecule has 0 atom stereocenters. The van der Waals surface area contributed by atoms with Gasteiger partial charge in [0.2, 0.25) is 0 Å². The lowest BCUT2D eigenvalue weighted by molar-refractivity contribution is 0.0115. The zero-order valence-corrected chi connectivity index (χ0v) is 21.6. The number of carbonyl (C=O) groups excluding carboxylic acids is 1. The molecule has 2 aromatic carbocycles. The number of terminal acetylenes is 1. The molecular formula is C31H35N3O2. The number of benzene rings is 2. The summed E-state index contributed by atoms with van der Waals surface area (Å²) >= 11 is 0. The number of nitrogens with zero attached hydrogens (tertiary/aromatic N) is 2. The first-order valence-electron chi connectivity index (χ1n) is 13.3. The van der Waals surface area contributed by atoms with Gasteiger partial charge in [0, 0.05) is 71.0 Å². The third-order valence-corrected chi connectivity index (χ3v) is 8.70. The van der Waals surface area contributed by atoms with Crippen LogP contribution >= 0.6 is 0 Å². The fourth-order valence-electron chi connectivity index (χ4n) is 6.59. The number of carbonyl (C=O) groups is 1. The number of H-pyrrole nitrogens is 1. The van der Waals surface area contributed by atoms with E-state index in [1.165, 1.54) is 24.1 Å². The maximum Gasteiger partial charge on any atom is 0.195 e. The molecule has 3 aromatic rings. The van der Waals surface area contributed by atoms with Crippen LogP contribution in [0.3, 0.4) is 0 Å². The molecule has 2 fully saturated rings. The molecule has 1 aromatic heterocycles. The Morgan fingerprint density at radius 1 is 1.11 bits per heavy atom. The first-order valence-corrected chi connectivity index (χ1v) is 13.3. The SMILES string of the molecule is C#Cc1ccc2c3c([nH]c2c1)C(C)(C)c1cc(N2CCC(N4CCOCC4)CC2)c(CC)cc1C3=O. The predicted molar refractivity (Wildman–Crippen MR) is 145 cm³/mol. The van der Waals surface area contributed by atoms with Crippen LogP contribution < -0.4 is 4.90 Å². The van der Waals surface area contributed by atoms with Gasteiger partial charge < -0.3 is 14.6 Å². The van der Waals surface area contributed by atoms with E-state index in [0.29, 0.717) is 6.04 Å². The molecule has 0 radical (unpaired) electrons. The van der Waals surface area contributed by atoms with Crippen molar-refractivity contribution in [1.82, 2.24) is 9.88 Å². The second kappa shape index (κ2) is 8.80. The number of aryl methyl sites for hydroxylation is 1. The van der Waals surface area contributed by atoms with Gasteiger partial charge in [-0.2, -0.15) is 0 Å². The van der Waals surface area contributed by atoms with Crippen LogP contribution in [0, 0.1) is 12.3 Å². The van der Waals surface area contributed by atoms with Crippen molar-refractivity contribution in [2.75, 3.05) is 44.3 Å². The maximum atomic E-state index is 13.9. The van der Waals surface area contributed by atoms with E-state index in [1.807, 2.05) is 18.2 Å². The highest BCUT2D eigenvalue weighted by Gasteiger charge is 2.40. The van der Waals surface area contributed by atoms with Crippen LogP contribution in [-0.2, 0) is 16.6 Å². The van der Waals surface area contributed by atoms with E-state index in [0.717, 1.165) is 84.7 Å². The number of ether oxygens (including phenoxy) is 1. The van der Waals surface area contributed by atoms with Crippen molar-refractivity contribution in [3.63, 3.8) is 0 Å². The Kier molecular flexibility index (Phi) is 5.70. The van der Waals surface area contributed by atoms with E-state index < -0.39 is 0 Å². The van der Waals surface area contributed by atoms with Crippen LogP contribution in [0.4, 0.5) is 5.69 Å². The molecule has 186 valence electrons.